The third-order valence-corrected chi connectivity index (χ3v) is 6.52. The quantitative estimate of drug-likeness (QED) is 0.268. The second kappa shape index (κ2) is 9.73. The Morgan fingerprint density at radius 1 is 1.00 bits per heavy atom. The number of fused-ring (bicyclic) bond motifs is 2. The van der Waals surface area contributed by atoms with E-state index in [9.17, 15) is 19.7 Å². The molecule has 0 spiro atoms. The Balaban J connectivity index is 1.57. The van der Waals surface area contributed by atoms with E-state index in [2.05, 4.69) is 5.32 Å². The highest BCUT2D eigenvalue weighted by Gasteiger charge is 2.43. The summed E-state index contributed by atoms with van der Waals surface area (Å²) >= 11 is 0. The lowest BCUT2D eigenvalue weighted by Crippen LogP contribution is -2.29. The number of nitro groups is 1. The maximum Gasteiger partial charge on any atom is 0.336 e. The number of nitro benzene ring substituents is 1. The van der Waals surface area contributed by atoms with E-state index in [1.165, 1.54) is 12.1 Å². The number of hydrogen-bond acceptors (Lipinski definition) is 7. The van der Waals surface area contributed by atoms with Crippen molar-refractivity contribution in [1.29, 1.82) is 0 Å². The van der Waals surface area contributed by atoms with Gasteiger partial charge in [0.1, 0.15) is 12.4 Å². The molecular weight excluding hydrogens is 472 g/mol. The van der Waals surface area contributed by atoms with Gasteiger partial charge >= 0.3 is 5.97 Å². The van der Waals surface area contributed by atoms with Crippen LogP contribution in [0.2, 0.25) is 0 Å². The van der Waals surface area contributed by atoms with Gasteiger partial charge in [0.25, 0.3) is 5.69 Å². The monoisotopic (exact) mass is 496 g/mol. The topological polar surface area (TPSA) is 108 Å². The van der Waals surface area contributed by atoms with Crippen molar-refractivity contribution in [1.82, 2.24) is 5.32 Å². The molecule has 0 bridgehead atoms. The Morgan fingerprint density at radius 3 is 2.38 bits per heavy atom. The molecule has 1 aliphatic heterocycles. The highest BCUT2D eigenvalue weighted by Crippen LogP contribution is 2.48. The molecule has 186 valence electrons. The number of ketones is 1. The minimum atomic E-state index is -0.705. The fourth-order valence-corrected chi connectivity index (χ4v) is 4.84. The second-order valence-corrected chi connectivity index (χ2v) is 8.73. The van der Waals surface area contributed by atoms with Crippen LogP contribution in [0.25, 0.3) is 5.70 Å². The van der Waals surface area contributed by atoms with Crippen LogP contribution < -0.4 is 10.1 Å². The molecule has 1 heterocycles. The van der Waals surface area contributed by atoms with Crippen LogP contribution in [-0.2, 0) is 16.1 Å². The van der Waals surface area contributed by atoms with Crippen molar-refractivity contribution >= 4 is 23.1 Å². The average Bonchev–Trinajstić information content (AvgIpc) is 3.18. The third kappa shape index (κ3) is 4.27. The summed E-state index contributed by atoms with van der Waals surface area (Å²) < 4.78 is 11.6. The Hall–Kier alpha value is -4.72. The lowest BCUT2D eigenvalue weighted by molar-refractivity contribution is -0.384. The number of Topliss-reactive ketones (excluding diaryl/α,β-unsaturated/α-hetero) is 1. The van der Waals surface area contributed by atoms with Crippen molar-refractivity contribution in [3.8, 4) is 5.75 Å². The molecule has 0 radical (unpaired) electrons. The van der Waals surface area contributed by atoms with Gasteiger partial charge in [-0.1, -0.05) is 42.5 Å². The summed E-state index contributed by atoms with van der Waals surface area (Å²) in [6.45, 7) is 3.88. The minimum absolute atomic E-state index is 0.00248. The average molecular weight is 497 g/mol. The van der Waals surface area contributed by atoms with Crippen molar-refractivity contribution in [2.75, 3.05) is 6.61 Å². The first-order valence-electron chi connectivity index (χ1n) is 11.9. The van der Waals surface area contributed by atoms with E-state index in [4.69, 9.17) is 9.47 Å². The van der Waals surface area contributed by atoms with Gasteiger partial charge < -0.3 is 14.8 Å². The molecule has 37 heavy (non-hydrogen) atoms. The van der Waals surface area contributed by atoms with E-state index in [-0.39, 0.29) is 24.7 Å². The zero-order valence-electron chi connectivity index (χ0n) is 20.3. The minimum Gasteiger partial charge on any atom is -0.489 e. The maximum atomic E-state index is 13.7. The zero-order valence-corrected chi connectivity index (χ0v) is 20.3. The number of esters is 1. The summed E-state index contributed by atoms with van der Waals surface area (Å²) in [5.74, 6) is -0.859. The summed E-state index contributed by atoms with van der Waals surface area (Å²) in [6, 6.07) is 20.8. The summed E-state index contributed by atoms with van der Waals surface area (Å²) in [7, 11) is 0. The van der Waals surface area contributed by atoms with Crippen molar-refractivity contribution in [3.05, 3.63) is 122 Å². The van der Waals surface area contributed by atoms with Gasteiger partial charge in [0.05, 0.1) is 28.7 Å². The van der Waals surface area contributed by atoms with Crippen LogP contribution in [0.3, 0.4) is 0 Å². The van der Waals surface area contributed by atoms with E-state index in [1.54, 1.807) is 38.1 Å². The summed E-state index contributed by atoms with van der Waals surface area (Å²) in [5.41, 5.74) is 4.88. The molecule has 0 amide bonds. The number of allylic oxidation sites excluding steroid dienone is 2. The summed E-state index contributed by atoms with van der Waals surface area (Å²) in [6.07, 6.45) is 0. The van der Waals surface area contributed by atoms with Crippen molar-refractivity contribution in [2.45, 2.75) is 26.4 Å². The van der Waals surface area contributed by atoms with Crippen LogP contribution in [0.4, 0.5) is 5.69 Å². The molecule has 8 heteroatoms. The van der Waals surface area contributed by atoms with Crippen LogP contribution in [-0.4, -0.2) is 23.3 Å². The summed E-state index contributed by atoms with van der Waals surface area (Å²) in [4.78, 5) is 37.4. The molecule has 0 unspecified atom stereocenters. The fourth-order valence-electron chi connectivity index (χ4n) is 4.84. The third-order valence-electron chi connectivity index (χ3n) is 6.52. The number of nitrogens with zero attached hydrogens (tertiary/aromatic N) is 1. The van der Waals surface area contributed by atoms with E-state index in [1.807, 2.05) is 36.4 Å². The summed E-state index contributed by atoms with van der Waals surface area (Å²) in [5, 5.41) is 14.3. The van der Waals surface area contributed by atoms with E-state index in [0.717, 1.165) is 11.1 Å². The Kier molecular flexibility index (Phi) is 6.31. The number of carbonyl (C=O) groups is 2. The van der Waals surface area contributed by atoms with Gasteiger partial charge in [-0.25, -0.2) is 4.79 Å². The van der Waals surface area contributed by atoms with Crippen molar-refractivity contribution in [2.24, 2.45) is 0 Å². The smallest absolute Gasteiger partial charge is 0.336 e. The van der Waals surface area contributed by atoms with Gasteiger partial charge in [0.15, 0.2) is 5.78 Å². The molecule has 1 atom stereocenters. The fraction of sp³-hybridized carbons (Fsp3) is 0.172. The van der Waals surface area contributed by atoms with E-state index >= 15 is 0 Å². The zero-order chi connectivity index (χ0) is 26.1. The highest BCUT2D eigenvalue weighted by molar-refractivity contribution is 6.23. The largest absolute Gasteiger partial charge is 0.489 e. The van der Waals surface area contributed by atoms with Gasteiger partial charge in [-0.3, -0.25) is 14.9 Å². The highest BCUT2D eigenvalue weighted by atomic mass is 16.6. The molecule has 0 aromatic heterocycles. The van der Waals surface area contributed by atoms with Gasteiger partial charge in [-0.2, -0.15) is 0 Å². The number of benzene rings is 3. The Morgan fingerprint density at radius 2 is 1.68 bits per heavy atom. The predicted octanol–water partition coefficient (Wildman–Crippen LogP) is 5.31. The first-order valence-corrected chi connectivity index (χ1v) is 11.9. The number of ether oxygens (including phenoxy) is 2. The first-order chi connectivity index (χ1) is 17.9. The SMILES string of the molecule is CCOC(=O)C1=C(C)NC2=C(C(=O)c3ccccc32)[C@H]1c1ccccc1OCc1ccc([N+](=O)[O-])cc1. The van der Waals surface area contributed by atoms with Gasteiger partial charge in [-0.15, -0.1) is 0 Å². The number of non-ortho nitro benzene ring substituents is 1. The second-order valence-electron chi connectivity index (χ2n) is 8.73. The van der Waals surface area contributed by atoms with Gasteiger partial charge in [0.2, 0.25) is 0 Å². The predicted molar refractivity (Wildman–Crippen MR) is 137 cm³/mol. The molecule has 0 saturated carbocycles. The lowest BCUT2D eigenvalue weighted by atomic mass is 9.79. The molecular formula is C29H24N2O6. The Labute approximate surface area is 213 Å². The number of dihydropyridines is 1. The molecule has 0 fully saturated rings. The van der Waals surface area contributed by atoms with Crippen LogP contribution in [0, 0.1) is 10.1 Å². The Bertz CT molecular complexity index is 1490. The number of carbonyl (C=O) groups excluding carboxylic acids is 2. The van der Waals surface area contributed by atoms with Crippen LogP contribution in [0.1, 0.15) is 46.8 Å². The molecule has 1 aliphatic carbocycles. The maximum absolute atomic E-state index is 13.7. The first kappa shape index (κ1) is 24.0. The number of nitrogens with one attached hydrogen (secondary N) is 1. The number of para-hydroxylation sites is 1. The van der Waals surface area contributed by atoms with E-state index < -0.39 is 16.8 Å². The number of hydrogen-bond donors (Lipinski definition) is 1. The molecule has 8 nitrogen and oxygen atoms in total. The lowest BCUT2D eigenvalue weighted by Gasteiger charge is -2.30. The van der Waals surface area contributed by atoms with Crippen molar-refractivity contribution in [3.63, 3.8) is 0 Å². The molecule has 0 saturated heterocycles. The molecule has 3 aromatic carbocycles. The molecule has 1 N–H and O–H groups in total. The van der Waals surface area contributed by atoms with Gasteiger partial charge in [-0.05, 0) is 37.6 Å². The number of rotatable bonds is 7. The molecule has 3 aromatic rings. The standard InChI is InChI=1S/C29H24N2O6/c1-3-36-29(33)24-17(2)30-27-20-8-4-5-9-21(20)28(32)26(27)25(24)22-10-6-7-11-23(22)37-16-18-12-14-19(15-13-18)31(34)35/h4-15,25,30H,3,16H2,1-2H3/t25-/m0/s1. The van der Waals surface area contributed by atoms with E-state index in [0.29, 0.717) is 39.4 Å². The van der Waals surface area contributed by atoms with Crippen LogP contribution in [0.15, 0.2) is 89.6 Å². The van der Waals surface area contributed by atoms with Crippen LogP contribution >= 0.6 is 0 Å². The normalized spacial score (nSPS) is 16.2. The van der Waals surface area contributed by atoms with Gasteiger partial charge in [0, 0.05) is 40.1 Å². The van der Waals surface area contributed by atoms with Crippen LogP contribution in [0.5, 0.6) is 5.75 Å². The van der Waals surface area contributed by atoms with Crippen molar-refractivity contribution < 1.29 is 24.0 Å². The molecule has 2 aliphatic rings. The molecule has 5 rings (SSSR count).